The van der Waals surface area contributed by atoms with E-state index in [1.165, 1.54) is 4.90 Å². The Balaban J connectivity index is 1.81. The van der Waals surface area contributed by atoms with Crippen LogP contribution < -0.4 is 9.62 Å². The molecular weight excluding hydrogens is 618 g/mol. The fourth-order valence-corrected chi connectivity index (χ4v) is 6.65. The molecule has 9 heteroatoms. The normalized spacial score (nSPS) is 12.2. The van der Waals surface area contributed by atoms with Gasteiger partial charge in [0.2, 0.25) is 11.8 Å². The summed E-state index contributed by atoms with van der Waals surface area (Å²) in [6.45, 7) is 9.28. The van der Waals surface area contributed by atoms with Gasteiger partial charge in [0.15, 0.2) is 0 Å². The predicted molar refractivity (Wildman–Crippen MR) is 185 cm³/mol. The molecule has 7 nitrogen and oxygen atoms in total. The van der Waals surface area contributed by atoms with Crippen LogP contribution in [-0.2, 0) is 32.6 Å². The highest BCUT2D eigenvalue weighted by atomic mass is 35.5. The van der Waals surface area contributed by atoms with E-state index in [-0.39, 0.29) is 35.7 Å². The van der Waals surface area contributed by atoms with Crippen LogP contribution in [0.3, 0.4) is 0 Å². The number of aryl methyl sites for hydroxylation is 1. The van der Waals surface area contributed by atoms with E-state index in [1.807, 2.05) is 63.2 Å². The number of nitrogens with zero attached hydrogens (tertiary/aromatic N) is 2. The van der Waals surface area contributed by atoms with E-state index in [9.17, 15) is 18.0 Å². The van der Waals surface area contributed by atoms with E-state index in [2.05, 4.69) is 19.2 Å². The Morgan fingerprint density at radius 2 is 1.39 bits per heavy atom. The lowest BCUT2D eigenvalue weighted by molar-refractivity contribution is -0.140. The van der Waals surface area contributed by atoms with Crippen molar-refractivity contribution in [3.63, 3.8) is 0 Å². The van der Waals surface area contributed by atoms with Crippen molar-refractivity contribution in [2.75, 3.05) is 10.8 Å². The van der Waals surface area contributed by atoms with Crippen molar-refractivity contribution in [3.05, 3.63) is 130 Å². The lowest BCUT2D eigenvalue weighted by Crippen LogP contribution is -2.54. The van der Waals surface area contributed by atoms with Gasteiger partial charge in [0.25, 0.3) is 10.0 Å². The average molecular weight is 660 g/mol. The van der Waals surface area contributed by atoms with E-state index < -0.39 is 28.5 Å². The van der Waals surface area contributed by atoms with Crippen LogP contribution in [0.1, 0.15) is 55.9 Å². The van der Waals surface area contributed by atoms with E-state index in [0.29, 0.717) is 10.7 Å². The van der Waals surface area contributed by atoms with Crippen molar-refractivity contribution in [1.82, 2.24) is 10.2 Å². The van der Waals surface area contributed by atoms with E-state index >= 15 is 0 Å². The Bertz CT molecular complexity index is 1710. The molecule has 0 unspecified atom stereocenters. The summed E-state index contributed by atoms with van der Waals surface area (Å²) in [5.74, 6) is -0.597. The van der Waals surface area contributed by atoms with Gasteiger partial charge in [-0.25, -0.2) is 8.42 Å². The summed E-state index contributed by atoms with van der Waals surface area (Å²) in [7, 11) is -4.17. The number of hydrogen-bond donors (Lipinski definition) is 1. The Labute approximate surface area is 278 Å². The van der Waals surface area contributed by atoms with Gasteiger partial charge >= 0.3 is 0 Å². The molecule has 0 saturated carbocycles. The predicted octanol–water partition coefficient (Wildman–Crippen LogP) is 7.13. The molecule has 0 fully saturated rings. The summed E-state index contributed by atoms with van der Waals surface area (Å²) >= 11 is 6.16. The number of carbonyl (C=O) groups excluding carboxylic acids is 2. The Kier molecular flexibility index (Phi) is 11.7. The molecule has 0 spiro atoms. The SMILES string of the molecule is Cc1ccc(S(=O)(=O)N(CC(=O)N(Cc2ccc(Cl)cc2)[C@@H](Cc2ccccc2)C(=O)NC(C)C)c2ccc(C(C)C)cc2)cc1. The first kappa shape index (κ1) is 34.7. The summed E-state index contributed by atoms with van der Waals surface area (Å²) in [5.41, 5.74) is 3.93. The van der Waals surface area contributed by atoms with Gasteiger partial charge in [0, 0.05) is 24.0 Å². The second-order valence-corrected chi connectivity index (χ2v) is 14.4. The first-order chi connectivity index (χ1) is 21.8. The average Bonchev–Trinajstić information content (AvgIpc) is 3.02. The zero-order valence-electron chi connectivity index (χ0n) is 27.0. The Morgan fingerprint density at radius 1 is 0.783 bits per heavy atom. The second kappa shape index (κ2) is 15.4. The van der Waals surface area contributed by atoms with Crippen LogP contribution >= 0.6 is 11.6 Å². The number of halogens is 1. The summed E-state index contributed by atoms with van der Waals surface area (Å²) in [5, 5.41) is 3.51. The molecule has 0 aromatic heterocycles. The molecule has 0 heterocycles. The quantitative estimate of drug-likeness (QED) is 0.165. The second-order valence-electron chi connectivity index (χ2n) is 12.1. The highest BCUT2D eigenvalue weighted by Crippen LogP contribution is 2.27. The van der Waals surface area contributed by atoms with Crippen molar-refractivity contribution < 1.29 is 18.0 Å². The maximum atomic E-state index is 14.5. The van der Waals surface area contributed by atoms with Crippen molar-refractivity contribution in [2.24, 2.45) is 0 Å². The first-order valence-corrected chi connectivity index (χ1v) is 17.2. The van der Waals surface area contributed by atoms with Gasteiger partial charge in [-0.15, -0.1) is 0 Å². The largest absolute Gasteiger partial charge is 0.352 e. The molecule has 0 aliphatic heterocycles. The lowest BCUT2D eigenvalue weighted by Gasteiger charge is -2.34. The van der Waals surface area contributed by atoms with Gasteiger partial charge in [-0.3, -0.25) is 13.9 Å². The number of carbonyl (C=O) groups is 2. The summed E-state index contributed by atoms with van der Waals surface area (Å²) in [4.78, 5) is 29.9. The third kappa shape index (κ3) is 8.98. The smallest absolute Gasteiger partial charge is 0.264 e. The standard InChI is InChI=1S/C37H42ClN3O4S/c1-26(2)31-15-19-33(20-16-31)41(46(44,45)34-21-11-28(5)12-22-34)25-36(42)40(24-30-13-17-32(38)18-14-30)35(37(43)39-27(3)4)23-29-9-7-6-8-10-29/h6-22,26-27,35H,23-25H2,1-5H3,(H,39,43)/t35-/m0/s1. The van der Waals surface area contributed by atoms with Gasteiger partial charge in [-0.05, 0) is 79.8 Å². The molecule has 46 heavy (non-hydrogen) atoms. The van der Waals surface area contributed by atoms with Crippen LogP contribution in [0.5, 0.6) is 0 Å². The highest BCUT2D eigenvalue weighted by molar-refractivity contribution is 7.92. The van der Waals surface area contributed by atoms with Crippen LogP contribution in [0.4, 0.5) is 5.69 Å². The molecule has 242 valence electrons. The Hall–Kier alpha value is -4.14. The summed E-state index contributed by atoms with van der Waals surface area (Å²) in [6.07, 6.45) is 0.243. The molecule has 1 atom stereocenters. The minimum atomic E-state index is -4.17. The van der Waals surface area contributed by atoms with Gasteiger partial charge in [0.1, 0.15) is 12.6 Å². The maximum absolute atomic E-state index is 14.5. The van der Waals surface area contributed by atoms with Crippen LogP contribution in [-0.4, -0.2) is 43.8 Å². The number of hydrogen-bond acceptors (Lipinski definition) is 4. The molecule has 4 aromatic carbocycles. The van der Waals surface area contributed by atoms with Crippen LogP contribution in [0.15, 0.2) is 108 Å². The maximum Gasteiger partial charge on any atom is 0.264 e. The minimum Gasteiger partial charge on any atom is -0.352 e. The number of nitrogens with one attached hydrogen (secondary N) is 1. The fraction of sp³-hybridized carbons (Fsp3) is 0.297. The van der Waals surface area contributed by atoms with Crippen molar-refractivity contribution in [3.8, 4) is 0 Å². The number of benzene rings is 4. The third-order valence-corrected chi connectivity index (χ3v) is 9.74. The van der Waals surface area contributed by atoms with E-state index in [1.54, 1.807) is 60.7 Å². The van der Waals surface area contributed by atoms with Gasteiger partial charge in [-0.1, -0.05) is 97.7 Å². The summed E-state index contributed by atoms with van der Waals surface area (Å²) in [6, 6.07) is 29.2. The van der Waals surface area contributed by atoms with Gasteiger partial charge in [0.05, 0.1) is 10.6 Å². The molecular formula is C37H42ClN3O4S. The van der Waals surface area contributed by atoms with Crippen molar-refractivity contribution >= 4 is 39.1 Å². The number of sulfonamides is 1. The molecule has 4 aromatic rings. The topological polar surface area (TPSA) is 86.8 Å². The third-order valence-electron chi connectivity index (χ3n) is 7.70. The first-order valence-electron chi connectivity index (χ1n) is 15.4. The monoisotopic (exact) mass is 659 g/mol. The summed E-state index contributed by atoms with van der Waals surface area (Å²) < 4.78 is 29.6. The highest BCUT2D eigenvalue weighted by Gasteiger charge is 2.35. The van der Waals surface area contributed by atoms with Gasteiger partial charge < -0.3 is 10.2 Å². The molecule has 0 aliphatic rings. The van der Waals surface area contributed by atoms with Gasteiger partial charge in [-0.2, -0.15) is 0 Å². The van der Waals surface area contributed by atoms with Crippen LogP contribution in [0.2, 0.25) is 5.02 Å². The number of anilines is 1. The van der Waals surface area contributed by atoms with Crippen LogP contribution in [0, 0.1) is 6.92 Å². The van der Waals surface area contributed by atoms with Crippen molar-refractivity contribution in [2.45, 2.75) is 70.5 Å². The van der Waals surface area contributed by atoms with E-state index in [4.69, 9.17) is 11.6 Å². The lowest BCUT2D eigenvalue weighted by atomic mass is 10.0. The number of rotatable bonds is 13. The molecule has 0 saturated heterocycles. The molecule has 0 aliphatic carbocycles. The Morgan fingerprint density at radius 3 is 1.96 bits per heavy atom. The van der Waals surface area contributed by atoms with Crippen molar-refractivity contribution in [1.29, 1.82) is 0 Å². The molecule has 0 bridgehead atoms. The molecule has 4 rings (SSSR count). The number of amides is 2. The fourth-order valence-electron chi connectivity index (χ4n) is 5.11. The van der Waals surface area contributed by atoms with Crippen LogP contribution in [0.25, 0.3) is 0 Å². The molecule has 2 amide bonds. The zero-order valence-corrected chi connectivity index (χ0v) is 28.6. The molecule has 0 radical (unpaired) electrons. The van der Waals surface area contributed by atoms with E-state index in [0.717, 1.165) is 26.6 Å². The molecule has 1 N–H and O–H groups in total. The zero-order chi connectivity index (χ0) is 33.4. The minimum absolute atomic E-state index is 0.0708.